The number of hydrogen-bond acceptors (Lipinski definition) is 5. The number of nitrogens with zero attached hydrogens (tertiary/aromatic N) is 1. The Bertz CT molecular complexity index is 486. The van der Waals surface area contributed by atoms with Gasteiger partial charge in [0.1, 0.15) is 12.0 Å². The fraction of sp³-hybridized carbons (Fsp3) is 0.769. The van der Waals surface area contributed by atoms with Gasteiger partial charge in [0, 0.05) is 12.6 Å². The average Bonchev–Trinajstić information content (AvgIpc) is 2.88. The van der Waals surface area contributed by atoms with E-state index >= 15 is 0 Å². The van der Waals surface area contributed by atoms with E-state index in [2.05, 4.69) is 21.3 Å². The van der Waals surface area contributed by atoms with Crippen molar-refractivity contribution in [1.29, 1.82) is 0 Å². The van der Waals surface area contributed by atoms with Crippen molar-refractivity contribution in [3.05, 3.63) is 18.0 Å². The predicted octanol–water partition coefficient (Wildman–Crippen LogP) is 1.69. The summed E-state index contributed by atoms with van der Waals surface area (Å²) in [5.74, 6) is 0.402. The molecule has 1 aromatic rings. The van der Waals surface area contributed by atoms with Crippen molar-refractivity contribution in [2.75, 3.05) is 13.2 Å². The van der Waals surface area contributed by atoms with Gasteiger partial charge in [0.2, 0.25) is 10.0 Å². The van der Waals surface area contributed by atoms with E-state index in [0.29, 0.717) is 24.8 Å². The van der Waals surface area contributed by atoms with Crippen LogP contribution in [0.2, 0.25) is 0 Å². The summed E-state index contributed by atoms with van der Waals surface area (Å²) in [7, 11) is -3.37. The van der Waals surface area contributed by atoms with Crippen LogP contribution in [-0.2, 0) is 20.5 Å². The average molecular weight is 302 g/mol. The van der Waals surface area contributed by atoms with E-state index in [1.807, 2.05) is 0 Å². The molecule has 1 aliphatic carbocycles. The van der Waals surface area contributed by atoms with Crippen molar-refractivity contribution in [3.8, 4) is 0 Å². The Morgan fingerprint density at radius 3 is 2.95 bits per heavy atom. The van der Waals surface area contributed by atoms with Crippen LogP contribution in [0.25, 0.3) is 0 Å². The van der Waals surface area contributed by atoms with E-state index in [4.69, 9.17) is 4.74 Å². The van der Waals surface area contributed by atoms with Gasteiger partial charge in [-0.2, -0.15) is 0 Å². The first-order valence-electron chi connectivity index (χ1n) is 7.05. The Morgan fingerprint density at radius 2 is 2.25 bits per heavy atom. The molecule has 1 saturated carbocycles. The molecule has 20 heavy (non-hydrogen) atoms. The van der Waals surface area contributed by atoms with Crippen LogP contribution in [0.5, 0.6) is 0 Å². The number of hydrogen-bond donors (Lipinski definition) is 1. The molecule has 7 heteroatoms. The smallest absolute Gasteiger partial charge is 0.217 e. The second-order valence-corrected chi connectivity index (χ2v) is 7.12. The summed E-state index contributed by atoms with van der Waals surface area (Å²) in [4.78, 5) is 0. The van der Waals surface area contributed by atoms with E-state index < -0.39 is 10.0 Å². The van der Waals surface area contributed by atoms with Crippen LogP contribution in [0.3, 0.4) is 0 Å². The molecule has 0 saturated heterocycles. The number of nitrogens with one attached hydrogen (secondary N) is 1. The minimum Gasteiger partial charge on any atom is -0.377 e. The predicted molar refractivity (Wildman–Crippen MR) is 74.5 cm³/mol. The summed E-state index contributed by atoms with van der Waals surface area (Å²) >= 11 is 0. The van der Waals surface area contributed by atoms with Gasteiger partial charge in [-0.05, 0) is 18.8 Å². The van der Waals surface area contributed by atoms with Gasteiger partial charge in [-0.1, -0.05) is 24.9 Å². The Labute approximate surface area is 119 Å². The Hall–Kier alpha value is -0.920. The molecule has 0 radical (unpaired) electrons. The van der Waals surface area contributed by atoms with Crippen LogP contribution in [0.1, 0.15) is 38.3 Å². The maximum atomic E-state index is 11.8. The largest absolute Gasteiger partial charge is 0.377 e. The highest BCUT2D eigenvalue weighted by molar-refractivity contribution is 7.88. The highest BCUT2D eigenvalue weighted by Crippen LogP contribution is 2.25. The molecule has 1 fully saturated rings. The fourth-order valence-corrected chi connectivity index (χ4v) is 3.53. The lowest BCUT2D eigenvalue weighted by atomic mass is 9.88. The van der Waals surface area contributed by atoms with Crippen LogP contribution >= 0.6 is 0 Å². The van der Waals surface area contributed by atoms with E-state index in [0.717, 1.165) is 6.42 Å². The van der Waals surface area contributed by atoms with Gasteiger partial charge in [-0.25, -0.2) is 13.1 Å². The lowest BCUT2D eigenvalue weighted by molar-refractivity contribution is -0.00177. The van der Waals surface area contributed by atoms with Gasteiger partial charge in [0.05, 0.1) is 18.4 Å². The molecule has 2 atom stereocenters. The molecule has 2 rings (SSSR count). The maximum Gasteiger partial charge on any atom is 0.217 e. The SMILES string of the molecule is C[C@@H]1CCCC[C@H]1OCCNS(=O)(=O)Cc1ccon1. The first-order chi connectivity index (χ1) is 9.57. The molecule has 1 heterocycles. The highest BCUT2D eigenvalue weighted by atomic mass is 32.2. The van der Waals surface area contributed by atoms with Crippen molar-refractivity contribution in [1.82, 2.24) is 9.88 Å². The summed E-state index contributed by atoms with van der Waals surface area (Å²) < 4.78 is 36.4. The van der Waals surface area contributed by atoms with Crippen molar-refractivity contribution in [2.45, 2.75) is 44.5 Å². The first kappa shape index (κ1) is 15.5. The monoisotopic (exact) mass is 302 g/mol. The zero-order chi connectivity index (χ0) is 14.4. The van der Waals surface area contributed by atoms with Crippen molar-refractivity contribution < 1.29 is 17.7 Å². The molecular formula is C13H22N2O4S. The molecular weight excluding hydrogens is 280 g/mol. The third kappa shape index (κ3) is 4.88. The molecule has 1 aliphatic rings. The Kier molecular flexibility index (Phi) is 5.56. The summed E-state index contributed by atoms with van der Waals surface area (Å²) in [6, 6.07) is 1.54. The van der Waals surface area contributed by atoms with Gasteiger partial charge in [0.25, 0.3) is 0 Å². The third-order valence-corrected chi connectivity index (χ3v) is 4.94. The van der Waals surface area contributed by atoms with Crippen molar-refractivity contribution >= 4 is 10.0 Å². The number of aromatic nitrogens is 1. The molecule has 114 valence electrons. The molecule has 0 amide bonds. The third-order valence-electron chi connectivity index (χ3n) is 3.62. The van der Waals surface area contributed by atoms with Gasteiger partial charge in [-0.3, -0.25) is 0 Å². The Balaban J connectivity index is 1.67. The lowest BCUT2D eigenvalue weighted by Gasteiger charge is -2.28. The molecule has 0 aromatic carbocycles. The zero-order valence-electron chi connectivity index (χ0n) is 11.7. The zero-order valence-corrected chi connectivity index (χ0v) is 12.6. The molecule has 1 N–H and O–H groups in total. The summed E-state index contributed by atoms with van der Waals surface area (Å²) in [6.07, 6.45) is 6.37. The second kappa shape index (κ2) is 7.19. The summed E-state index contributed by atoms with van der Waals surface area (Å²) in [5, 5.41) is 3.59. The summed E-state index contributed by atoms with van der Waals surface area (Å²) in [6.45, 7) is 2.90. The molecule has 0 unspecified atom stereocenters. The van der Waals surface area contributed by atoms with Crippen LogP contribution in [0.15, 0.2) is 16.9 Å². The normalized spacial score (nSPS) is 23.9. The standard InChI is InChI=1S/C13H22N2O4S/c1-11-4-2-3-5-13(11)18-9-7-14-20(16,17)10-12-6-8-19-15-12/h6,8,11,13-14H,2-5,7,9-10H2,1H3/t11-,13-/m1/s1. The van der Waals surface area contributed by atoms with Gasteiger partial charge < -0.3 is 9.26 Å². The number of rotatable bonds is 7. The molecule has 6 nitrogen and oxygen atoms in total. The van der Waals surface area contributed by atoms with E-state index in [1.54, 1.807) is 6.07 Å². The first-order valence-corrected chi connectivity index (χ1v) is 8.70. The quantitative estimate of drug-likeness (QED) is 0.775. The van der Waals surface area contributed by atoms with Gasteiger partial charge in [0.15, 0.2) is 0 Å². The van der Waals surface area contributed by atoms with Crippen molar-refractivity contribution in [2.24, 2.45) is 5.92 Å². The molecule has 1 aromatic heterocycles. The minimum absolute atomic E-state index is 0.163. The van der Waals surface area contributed by atoms with E-state index in [9.17, 15) is 8.42 Å². The summed E-state index contributed by atoms with van der Waals surface area (Å²) in [5.41, 5.74) is 0.402. The van der Waals surface area contributed by atoms with Gasteiger partial charge >= 0.3 is 0 Å². The molecule has 0 spiro atoms. The van der Waals surface area contributed by atoms with Crippen LogP contribution in [0.4, 0.5) is 0 Å². The molecule has 0 bridgehead atoms. The van der Waals surface area contributed by atoms with E-state index in [-0.39, 0.29) is 11.9 Å². The molecule has 0 aliphatic heterocycles. The number of sulfonamides is 1. The minimum atomic E-state index is -3.37. The maximum absolute atomic E-state index is 11.8. The van der Waals surface area contributed by atoms with Crippen LogP contribution in [-0.4, -0.2) is 32.8 Å². The lowest BCUT2D eigenvalue weighted by Crippen LogP contribution is -2.32. The van der Waals surface area contributed by atoms with Gasteiger partial charge in [-0.15, -0.1) is 0 Å². The van der Waals surface area contributed by atoms with Crippen molar-refractivity contribution in [3.63, 3.8) is 0 Å². The fourth-order valence-electron chi connectivity index (χ4n) is 2.50. The highest BCUT2D eigenvalue weighted by Gasteiger charge is 2.21. The Morgan fingerprint density at radius 1 is 1.45 bits per heavy atom. The number of ether oxygens (including phenoxy) is 1. The second-order valence-electron chi connectivity index (χ2n) is 5.32. The van der Waals surface area contributed by atoms with E-state index in [1.165, 1.54) is 25.5 Å². The van der Waals surface area contributed by atoms with Crippen LogP contribution < -0.4 is 4.72 Å². The topological polar surface area (TPSA) is 81.4 Å². The van der Waals surface area contributed by atoms with Crippen LogP contribution in [0, 0.1) is 5.92 Å².